The van der Waals surface area contributed by atoms with Gasteiger partial charge in [0.05, 0.1) is 11.9 Å². The van der Waals surface area contributed by atoms with Crippen molar-refractivity contribution < 1.29 is 0 Å². The Morgan fingerprint density at radius 3 is 2.50 bits per heavy atom. The van der Waals surface area contributed by atoms with Crippen LogP contribution in [0.1, 0.15) is 51.4 Å². The molecule has 1 aliphatic carbocycles. The van der Waals surface area contributed by atoms with Crippen molar-refractivity contribution >= 4 is 5.69 Å². The monoisotopic (exact) mass is 276 g/mol. The highest BCUT2D eigenvalue weighted by molar-refractivity contribution is 5.42. The molecule has 1 aromatic heterocycles. The maximum absolute atomic E-state index is 4.30. The van der Waals surface area contributed by atoms with E-state index in [0.717, 1.165) is 12.6 Å². The molecule has 1 saturated heterocycles. The van der Waals surface area contributed by atoms with Gasteiger partial charge < -0.3 is 10.2 Å². The average molecular weight is 276 g/mol. The fourth-order valence-electron chi connectivity index (χ4n) is 3.70. The van der Waals surface area contributed by atoms with Crippen LogP contribution in [0.3, 0.4) is 0 Å². The number of hydrogen-bond acceptors (Lipinski definition) is 3. The zero-order valence-corrected chi connectivity index (χ0v) is 12.7. The summed E-state index contributed by atoms with van der Waals surface area (Å²) in [7, 11) is 1.99. The lowest BCUT2D eigenvalue weighted by molar-refractivity contribution is 0.351. The highest BCUT2D eigenvalue weighted by Crippen LogP contribution is 2.22. The summed E-state index contributed by atoms with van der Waals surface area (Å²) in [5.74, 6) is 0. The summed E-state index contributed by atoms with van der Waals surface area (Å²) in [5.41, 5.74) is 1.28. The Morgan fingerprint density at radius 1 is 1.05 bits per heavy atom. The van der Waals surface area contributed by atoms with Gasteiger partial charge in [-0.25, -0.2) is 0 Å². The minimum Gasteiger partial charge on any atom is -0.367 e. The van der Waals surface area contributed by atoms with Crippen molar-refractivity contribution in [1.29, 1.82) is 0 Å². The van der Waals surface area contributed by atoms with Gasteiger partial charge in [0, 0.05) is 38.4 Å². The smallest absolute Gasteiger partial charge is 0.0752 e. The minimum absolute atomic E-state index is 0.659. The summed E-state index contributed by atoms with van der Waals surface area (Å²) in [6.07, 6.45) is 15.2. The van der Waals surface area contributed by atoms with Gasteiger partial charge in [-0.3, -0.25) is 4.68 Å². The van der Waals surface area contributed by atoms with Gasteiger partial charge in [-0.2, -0.15) is 5.10 Å². The van der Waals surface area contributed by atoms with Crippen LogP contribution in [0.5, 0.6) is 0 Å². The van der Waals surface area contributed by atoms with Crippen LogP contribution in [0.25, 0.3) is 0 Å². The lowest BCUT2D eigenvalue weighted by Gasteiger charge is -2.36. The Hall–Kier alpha value is -1.03. The van der Waals surface area contributed by atoms with E-state index in [1.807, 2.05) is 17.9 Å². The Morgan fingerprint density at radius 2 is 1.80 bits per heavy atom. The molecule has 20 heavy (non-hydrogen) atoms. The van der Waals surface area contributed by atoms with Gasteiger partial charge in [-0.15, -0.1) is 0 Å². The van der Waals surface area contributed by atoms with E-state index in [4.69, 9.17) is 0 Å². The van der Waals surface area contributed by atoms with Crippen LogP contribution >= 0.6 is 0 Å². The zero-order valence-electron chi connectivity index (χ0n) is 12.7. The number of aromatic nitrogens is 2. The van der Waals surface area contributed by atoms with Crippen LogP contribution in [0.4, 0.5) is 5.69 Å². The first-order chi connectivity index (χ1) is 9.81. The molecule has 2 fully saturated rings. The van der Waals surface area contributed by atoms with Crippen LogP contribution in [0, 0.1) is 0 Å². The van der Waals surface area contributed by atoms with Crippen molar-refractivity contribution in [2.24, 2.45) is 7.05 Å². The first-order valence-corrected chi connectivity index (χ1v) is 8.31. The molecule has 2 heterocycles. The predicted molar refractivity (Wildman–Crippen MR) is 83.1 cm³/mol. The molecule has 0 amide bonds. The molecule has 4 nitrogen and oxygen atoms in total. The van der Waals surface area contributed by atoms with E-state index in [0.29, 0.717) is 6.04 Å². The number of nitrogens with zero attached hydrogens (tertiary/aromatic N) is 3. The summed E-state index contributed by atoms with van der Waals surface area (Å²) in [4.78, 5) is 2.49. The van der Waals surface area contributed by atoms with Crippen molar-refractivity contribution in [2.45, 2.75) is 63.5 Å². The standard InChI is InChI=1S/C16H28N4/c1-19-13-16(11-17-19)20-10-6-9-15(12-20)18-14-7-4-2-3-5-8-14/h11,13-15,18H,2-10,12H2,1H3. The summed E-state index contributed by atoms with van der Waals surface area (Å²) < 4.78 is 1.90. The summed E-state index contributed by atoms with van der Waals surface area (Å²) in [6.45, 7) is 2.32. The summed E-state index contributed by atoms with van der Waals surface area (Å²) in [5, 5.41) is 8.23. The van der Waals surface area contributed by atoms with E-state index in [1.54, 1.807) is 0 Å². The molecule has 1 saturated carbocycles. The molecule has 1 aliphatic heterocycles. The number of hydrogen-bond donors (Lipinski definition) is 1. The van der Waals surface area contributed by atoms with Crippen molar-refractivity contribution in [2.75, 3.05) is 18.0 Å². The Kier molecular flexibility index (Phi) is 4.61. The maximum Gasteiger partial charge on any atom is 0.0752 e. The number of aryl methyl sites for hydroxylation is 1. The molecule has 2 aliphatic rings. The average Bonchev–Trinajstić information content (AvgIpc) is 2.73. The lowest BCUT2D eigenvalue weighted by Crippen LogP contribution is -2.49. The van der Waals surface area contributed by atoms with Crippen LogP contribution in [0.2, 0.25) is 0 Å². The van der Waals surface area contributed by atoms with E-state index in [9.17, 15) is 0 Å². The van der Waals surface area contributed by atoms with Crippen LogP contribution in [-0.4, -0.2) is 35.0 Å². The number of rotatable bonds is 3. The molecule has 0 spiro atoms. The second-order valence-electron chi connectivity index (χ2n) is 6.51. The molecule has 0 bridgehead atoms. The quantitative estimate of drug-likeness (QED) is 0.862. The maximum atomic E-state index is 4.30. The first kappa shape index (κ1) is 13.9. The number of nitrogens with one attached hydrogen (secondary N) is 1. The van der Waals surface area contributed by atoms with Gasteiger partial charge in [-0.1, -0.05) is 25.7 Å². The van der Waals surface area contributed by atoms with Gasteiger partial charge in [0.2, 0.25) is 0 Å². The van der Waals surface area contributed by atoms with E-state index < -0.39 is 0 Å². The third kappa shape index (κ3) is 3.54. The van der Waals surface area contributed by atoms with Crippen molar-refractivity contribution in [3.8, 4) is 0 Å². The fraction of sp³-hybridized carbons (Fsp3) is 0.812. The molecule has 0 radical (unpaired) electrons. The van der Waals surface area contributed by atoms with Crippen LogP contribution < -0.4 is 10.2 Å². The molecule has 1 atom stereocenters. The van der Waals surface area contributed by atoms with Crippen molar-refractivity contribution in [3.05, 3.63) is 12.4 Å². The Labute approximate surface area is 122 Å². The third-order valence-corrected chi connectivity index (χ3v) is 4.80. The third-order valence-electron chi connectivity index (χ3n) is 4.80. The highest BCUT2D eigenvalue weighted by Gasteiger charge is 2.23. The van der Waals surface area contributed by atoms with E-state index in [-0.39, 0.29) is 0 Å². The van der Waals surface area contributed by atoms with Gasteiger partial charge in [0.1, 0.15) is 0 Å². The second-order valence-corrected chi connectivity index (χ2v) is 6.51. The molecular weight excluding hydrogens is 248 g/mol. The van der Waals surface area contributed by atoms with Crippen LogP contribution in [0.15, 0.2) is 12.4 Å². The van der Waals surface area contributed by atoms with Gasteiger partial charge >= 0.3 is 0 Å². The van der Waals surface area contributed by atoms with Gasteiger partial charge in [-0.05, 0) is 25.7 Å². The topological polar surface area (TPSA) is 33.1 Å². The summed E-state index contributed by atoms with van der Waals surface area (Å²) in [6, 6.07) is 1.42. The molecular formula is C16H28N4. The summed E-state index contributed by atoms with van der Waals surface area (Å²) >= 11 is 0. The van der Waals surface area contributed by atoms with Crippen LogP contribution in [-0.2, 0) is 7.05 Å². The van der Waals surface area contributed by atoms with E-state index >= 15 is 0 Å². The Bertz CT molecular complexity index is 406. The molecule has 1 unspecified atom stereocenters. The molecule has 4 heteroatoms. The highest BCUT2D eigenvalue weighted by atomic mass is 15.3. The first-order valence-electron chi connectivity index (χ1n) is 8.31. The Balaban J connectivity index is 1.54. The molecule has 3 rings (SSSR count). The van der Waals surface area contributed by atoms with E-state index in [1.165, 1.54) is 63.6 Å². The minimum atomic E-state index is 0.659. The molecule has 112 valence electrons. The normalized spacial score (nSPS) is 25.6. The number of piperidine rings is 1. The molecule has 1 aromatic rings. The largest absolute Gasteiger partial charge is 0.367 e. The van der Waals surface area contributed by atoms with Crippen molar-refractivity contribution in [1.82, 2.24) is 15.1 Å². The SMILES string of the molecule is Cn1cc(N2CCCC(NC3CCCCCC3)C2)cn1. The fourth-order valence-corrected chi connectivity index (χ4v) is 3.70. The molecule has 1 N–H and O–H groups in total. The molecule has 0 aromatic carbocycles. The van der Waals surface area contributed by atoms with Gasteiger partial charge in [0.15, 0.2) is 0 Å². The second kappa shape index (κ2) is 6.61. The van der Waals surface area contributed by atoms with E-state index in [2.05, 4.69) is 21.5 Å². The number of anilines is 1. The predicted octanol–water partition coefficient (Wildman–Crippen LogP) is 2.70. The zero-order chi connectivity index (χ0) is 13.8. The van der Waals surface area contributed by atoms with Gasteiger partial charge in [0.25, 0.3) is 0 Å². The lowest BCUT2D eigenvalue weighted by atomic mass is 10.0. The van der Waals surface area contributed by atoms with Crippen molar-refractivity contribution in [3.63, 3.8) is 0 Å².